The van der Waals surface area contributed by atoms with E-state index < -0.39 is 0 Å². The van der Waals surface area contributed by atoms with Crippen LogP contribution in [0.2, 0.25) is 0 Å². The molecular formula is C15H20N2O3S. The summed E-state index contributed by atoms with van der Waals surface area (Å²) < 4.78 is 0. The van der Waals surface area contributed by atoms with Gasteiger partial charge in [-0.2, -0.15) is 11.8 Å². The predicted octanol–water partition coefficient (Wildman–Crippen LogP) is 3.16. The summed E-state index contributed by atoms with van der Waals surface area (Å²) in [7, 11) is 0. The molecule has 1 saturated heterocycles. The highest BCUT2D eigenvalue weighted by molar-refractivity contribution is 8.00. The van der Waals surface area contributed by atoms with E-state index in [4.69, 9.17) is 0 Å². The average Bonchev–Trinajstić information content (AvgIpc) is 2.47. The van der Waals surface area contributed by atoms with Crippen LogP contribution in [0.1, 0.15) is 31.2 Å². The zero-order chi connectivity index (χ0) is 14.8. The van der Waals surface area contributed by atoms with Crippen LogP contribution in [0.4, 0.5) is 5.69 Å². The van der Waals surface area contributed by atoms with Gasteiger partial charge < -0.3 is 5.11 Å². The highest BCUT2D eigenvalue weighted by Gasteiger charge is 2.34. The van der Waals surface area contributed by atoms with Crippen LogP contribution < -0.4 is 0 Å². The third-order valence-corrected chi connectivity index (χ3v) is 5.88. The summed E-state index contributed by atoms with van der Waals surface area (Å²) in [5.41, 5.74) is 0.731. The van der Waals surface area contributed by atoms with E-state index in [0.29, 0.717) is 23.4 Å². The Balaban J connectivity index is 1.82. The molecule has 2 atom stereocenters. The van der Waals surface area contributed by atoms with Gasteiger partial charge in [0.15, 0.2) is 0 Å². The van der Waals surface area contributed by atoms with Gasteiger partial charge in [-0.3, -0.25) is 15.0 Å². The minimum absolute atomic E-state index is 0.0992. The fourth-order valence-electron chi connectivity index (χ4n) is 3.47. The molecule has 3 rings (SSSR count). The highest BCUT2D eigenvalue weighted by Crippen LogP contribution is 2.37. The molecule has 1 aliphatic carbocycles. The zero-order valence-corrected chi connectivity index (χ0v) is 12.7. The molecule has 0 aromatic heterocycles. The first kappa shape index (κ1) is 14.7. The van der Waals surface area contributed by atoms with E-state index in [0.717, 1.165) is 12.3 Å². The number of hydrogen-bond acceptors (Lipinski definition) is 5. The van der Waals surface area contributed by atoms with E-state index in [1.807, 2.05) is 0 Å². The van der Waals surface area contributed by atoms with Gasteiger partial charge in [0.2, 0.25) is 0 Å². The first-order valence-corrected chi connectivity index (χ1v) is 8.52. The van der Waals surface area contributed by atoms with Gasteiger partial charge in [-0.1, -0.05) is 12.8 Å². The largest absolute Gasteiger partial charge is 0.508 e. The van der Waals surface area contributed by atoms with Crippen LogP contribution in [0, 0.1) is 10.1 Å². The third-order valence-electron chi connectivity index (χ3n) is 4.48. The minimum Gasteiger partial charge on any atom is -0.508 e. The van der Waals surface area contributed by atoms with Crippen molar-refractivity contribution in [2.45, 2.75) is 43.5 Å². The smallest absolute Gasteiger partial charge is 0.274 e. The number of fused-ring (bicyclic) bond motifs is 1. The van der Waals surface area contributed by atoms with Gasteiger partial charge in [0.05, 0.1) is 4.92 Å². The zero-order valence-electron chi connectivity index (χ0n) is 11.9. The van der Waals surface area contributed by atoms with Crippen molar-refractivity contribution in [3.05, 3.63) is 33.9 Å². The quantitative estimate of drug-likeness (QED) is 0.686. The Morgan fingerprint density at radius 3 is 3.00 bits per heavy atom. The van der Waals surface area contributed by atoms with Crippen LogP contribution in [0.15, 0.2) is 18.2 Å². The monoisotopic (exact) mass is 308 g/mol. The number of phenolic OH excluding ortho intramolecular Hbond substituents is 1. The number of nitro benzene ring substituents is 1. The van der Waals surface area contributed by atoms with Crippen molar-refractivity contribution >= 4 is 17.4 Å². The van der Waals surface area contributed by atoms with E-state index in [-0.39, 0.29) is 16.4 Å². The van der Waals surface area contributed by atoms with Gasteiger partial charge in [-0.15, -0.1) is 0 Å². The van der Waals surface area contributed by atoms with Crippen LogP contribution >= 0.6 is 11.8 Å². The summed E-state index contributed by atoms with van der Waals surface area (Å²) in [4.78, 5) is 13.2. The lowest BCUT2D eigenvalue weighted by Crippen LogP contribution is -2.48. The molecule has 2 aliphatic rings. The van der Waals surface area contributed by atoms with Gasteiger partial charge in [-0.25, -0.2) is 0 Å². The molecule has 5 nitrogen and oxygen atoms in total. The standard InChI is InChI=1S/C15H20N2O3S/c18-12-5-6-13(17(19)20)11(9-12)10-16-7-8-21-15-4-2-1-3-14(15)16/h5-6,9,14-15,18H,1-4,7-8,10H2. The number of aromatic hydroxyl groups is 1. The number of rotatable bonds is 3. The van der Waals surface area contributed by atoms with Crippen molar-refractivity contribution < 1.29 is 10.0 Å². The molecule has 2 unspecified atom stereocenters. The van der Waals surface area contributed by atoms with Gasteiger partial charge in [-0.05, 0) is 25.0 Å². The molecule has 0 radical (unpaired) electrons. The molecule has 1 aromatic carbocycles. The molecule has 0 spiro atoms. The first-order valence-electron chi connectivity index (χ1n) is 7.47. The Hall–Kier alpha value is -1.27. The summed E-state index contributed by atoms with van der Waals surface area (Å²) in [6.07, 6.45) is 4.99. The van der Waals surface area contributed by atoms with Gasteiger partial charge >= 0.3 is 0 Å². The molecule has 21 heavy (non-hydrogen) atoms. The normalized spacial score (nSPS) is 26.3. The molecule has 0 amide bonds. The maximum Gasteiger partial charge on any atom is 0.274 e. The van der Waals surface area contributed by atoms with Gasteiger partial charge in [0.25, 0.3) is 5.69 Å². The number of nitro groups is 1. The minimum atomic E-state index is -0.355. The molecule has 1 saturated carbocycles. The molecule has 0 bridgehead atoms. The van der Waals surface area contributed by atoms with E-state index in [2.05, 4.69) is 16.7 Å². The maximum atomic E-state index is 11.2. The van der Waals surface area contributed by atoms with Crippen molar-refractivity contribution in [2.24, 2.45) is 0 Å². The fraction of sp³-hybridized carbons (Fsp3) is 0.600. The number of thioether (sulfide) groups is 1. The highest BCUT2D eigenvalue weighted by atomic mass is 32.2. The van der Waals surface area contributed by atoms with Crippen LogP contribution in [-0.4, -0.2) is 38.5 Å². The summed E-state index contributed by atoms with van der Waals surface area (Å²) >= 11 is 2.05. The van der Waals surface area contributed by atoms with Crippen molar-refractivity contribution in [1.82, 2.24) is 4.90 Å². The molecule has 1 aliphatic heterocycles. The SMILES string of the molecule is O=[N+]([O-])c1ccc(O)cc1CN1CCSC2CCCCC21. The second kappa shape index (κ2) is 6.23. The number of phenols is 1. The number of hydrogen-bond donors (Lipinski definition) is 1. The van der Waals surface area contributed by atoms with Crippen molar-refractivity contribution in [2.75, 3.05) is 12.3 Å². The van der Waals surface area contributed by atoms with Crippen molar-refractivity contribution in [3.63, 3.8) is 0 Å². The van der Waals surface area contributed by atoms with Crippen LogP contribution in [0.25, 0.3) is 0 Å². The van der Waals surface area contributed by atoms with Gasteiger partial charge in [0.1, 0.15) is 5.75 Å². The first-order chi connectivity index (χ1) is 10.1. The lowest BCUT2D eigenvalue weighted by atomic mass is 9.93. The Kier molecular flexibility index (Phi) is 4.35. The molecule has 1 heterocycles. The molecule has 1 aromatic rings. The van der Waals surface area contributed by atoms with Crippen molar-refractivity contribution in [3.8, 4) is 5.75 Å². The molecule has 2 fully saturated rings. The second-order valence-corrected chi connectivity index (χ2v) is 7.15. The fourth-order valence-corrected chi connectivity index (χ4v) is 4.97. The van der Waals surface area contributed by atoms with Crippen LogP contribution in [-0.2, 0) is 6.54 Å². The predicted molar refractivity (Wildman–Crippen MR) is 83.7 cm³/mol. The summed E-state index contributed by atoms with van der Waals surface area (Å²) in [5.74, 6) is 1.19. The van der Waals surface area contributed by atoms with E-state index >= 15 is 0 Å². The van der Waals surface area contributed by atoms with E-state index in [9.17, 15) is 15.2 Å². The van der Waals surface area contributed by atoms with Crippen LogP contribution in [0.5, 0.6) is 5.75 Å². The van der Waals surface area contributed by atoms with E-state index in [1.54, 1.807) is 0 Å². The summed E-state index contributed by atoms with van der Waals surface area (Å²) in [6.45, 7) is 1.53. The van der Waals surface area contributed by atoms with Crippen molar-refractivity contribution in [1.29, 1.82) is 0 Å². The summed E-state index contributed by atoms with van der Waals surface area (Å²) in [6, 6.07) is 4.86. The maximum absolute atomic E-state index is 11.2. The molecule has 6 heteroatoms. The molecule has 114 valence electrons. The lowest BCUT2D eigenvalue weighted by Gasteiger charge is -2.43. The number of benzene rings is 1. The Labute approximate surface area is 128 Å². The Morgan fingerprint density at radius 1 is 1.38 bits per heavy atom. The van der Waals surface area contributed by atoms with E-state index in [1.165, 1.54) is 43.9 Å². The van der Waals surface area contributed by atoms with Crippen LogP contribution in [0.3, 0.4) is 0 Å². The average molecular weight is 308 g/mol. The Morgan fingerprint density at radius 2 is 2.19 bits per heavy atom. The van der Waals surface area contributed by atoms with Gasteiger partial charge in [0, 0.05) is 41.8 Å². The number of nitrogens with zero attached hydrogens (tertiary/aromatic N) is 2. The Bertz CT molecular complexity index is 536. The summed E-state index contributed by atoms with van der Waals surface area (Å²) in [5, 5.41) is 21.5. The molecular weight excluding hydrogens is 288 g/mol. The third kappa shape index (κ3) is 3.16. The lowest BCUT2D eigenvalue weighted by molar-refractivity contribution is -0.385. The topological polar surface area (TPSA) is 66.6 Å². The molecule has 1 N–H and O–H groups in total. The second-order valence-electron chi connectivity index (χ2n) is 5.80.